The summed E-state index contributed by atoms with van der Waals surface area (Å²) in [6.45, 7) is 0. The lowest BCUT2D eigenvalue weighted by Crippen LogP contribution is -2.74. The SMILES string of the molecule is CN(C)[C@@H]1C(=O)C(C(N)=O)C(=O)[C@@]2(O)C(=O)C3C(=O)c4c(O)c(NC=O)cc([N+](=O)[O-])c4CC3CC12. The number of phenolic OH excluding ortho intramolecular Hbond substituents is 1. The first-order valence-corrected chi connectivity index (χ1v) is 10.9. The first-order valence-electron chi connectivity index (χ1n) is 10.9. The Morgan fingerprint density at radius 2 is 1.92 bits per heavy atom. The van der Waals surface area contributed by atoms with E-state index in [-0.39, 0.29) is 24.8 Å². The first-order chi connectivity index (χ1) is 16.8. The van der Waals surface area contributed by atoms with Crippen molar-refractivity contribution in [3.05, 3.63) is 27.3 Å². The summed E-state index contributed by atoms with van der Waals surface area (Å²) in [5.74, 6) is -13.0. The highest BCUT2D eigenvalue weighted by Crippen LogP contribution is 2.52. The third-order valence-corrected chi connectivity index (χ3v) is 7.45. The first kappa shape index (κ1) is 25.1. The second-order valence-electron chi connectivity index (χ2n) is 9.45. The fourth-order valence-electron chi connectivity index (χ4n) is 5.99. The molecule has 0 radical (unpaired) electrons. The summed E-state index contributed by atoms with van der Waals surface area (Å²) in [4.78, 5) is 88.5. The maximum Gasteiger partial charge on any atom is 0.275 e. The molecule has 3 aliphatic carbocycles. The molecule has 36 heavy (non-hydrogen) atoms. The number of nitro groups is 1. The van der Waals surface area contributed by atoms with E-state index in [0.717, 1.165) is 6.07 Å². The van der Waals surface area contributed by atoms with Crippen molar-refractivity contribution in [2.24, 2.45) is 29.4 Å². The molecule has 3 aliphatic rings. The number of amides is 2. The lowest BCUT2D eigenvalue weighted by atomic mass is 9.52. The molecule has 0 spiro atoms. The standard InChI is InChI=1S/C22H22N4O10/c1-25(2)15-9-4-7-3-8-11(26(35)36)5-10(24-6-27)16(28)13(8)17(29)12(7)19(31)22(9,34)20(32)14(18(15)30)21(23)33/h5-7,9,12,14-15,28,34H,3-4H2,1-2H3,(H2,23,33)(H,24,27)/t7?,9?,12?,14?,15-,22-/m0/s1. The van der Waals surface area contributed by atoms with Crippen LogP contribution in [-0.4, -0.2) is 81.2 Å². The Morgan fingerprint density at radius 3 is 2.44 bits per heavy atom. The van der Waals surface area contributed by atoms with Crippen molar-refractivity contribution in [1.29, 1.82) is 0 Å². The lowest BCUT2D eigenvalue weighted by Gasteiger charge is -2.52. The minimum atomic E-state index is -2.91. The molecule has 2 fully saturated rings. The number of aromatic hydroxyl groups is 1. The minimum Gasteiger partial charge on any atom is -0.505 e. The highest BCUT2D eigenvalue weighted by molar-refractivity contribution is 6.32. The Labute approximate surface area is 202 Å². The number of carbonyl (C=O) groups excluding carboxylic acids is 6. The highest BCUT2D eigenvalue weighted by atomic mass is 16.6. The Kier molecular flexibility index (Phi) is 5.76. The van der Waals surface area contributed by atoms with Crippen LogP contribution in [0.3, 0.4) is 0 Å². The summed E-state index contributed by atoms with van der Waals surface area (Å²) in [5, 5.41) is 35.9. The summed E-state index contributed by atoms with van der Waals surface area (Å²) in [7, 11) is 2.89. The van der Waals surface area contributed by atoms with Crippen LogP contribution in [0.25, 0.3) is 0 Å². The van der Waals surface area contributed by atoms with Gasteiger partial charge in [-0.25, -0.2) is 0 Å². The van der Waals surface area contributed by atoms with E-state index in [1.54, 1.807) is 0 Å². The molecule has 0 aliphatic heterocycles. The second kappa shape index (κ2) is 8.27. The fourth-order valence-corrected chi connectivity index (χ4v) is 5.99. The van der Waals surface area contributed by atoms with Crippen molar-refractivity contribution < 1.29 is 43.9 Å². The van der Waals surface area contributed by atoms with Gasteiger partial charge < -0.3 is 21.3 Å². The Balaban J connectivity index is 1.92. The number of phenols is 1. The molecule has 0 aromatic heterocycles. The molecule has 0 heterocycles. The van der Waals surface area contributed by atoms with Crippen molar-refractivity contribution in [2.45, 2.75) is 24.5 Å². The van der Waals surface area contributed by atoms with Gasteiger partial charge in [0.05, 0.1) is 28.1 Å². The Hall–Kier alpha value is -4.04. The van der Waals surface area contributed by atoms with Crippen molar-refractivity contribution in [1.82, 2.24) is 4.90 Å². The molecule has 0 bridgehead atoms. The molecule has 2 saturated carbocycles. The molecule has 190 valence electrons. The maximum atomic E-state index is 13.7. The second-order valence-corrected chi connectivity index (χ2v) is 9.45. The number of hydrogen-bond donors (Lipinski definition) is 4. The molecule has 1 aromatic rings. The topological polar surface area (TPSA) is 227 Å². The summed E-state index contributed by atoms with van der Waals surface area (Å²) in [6.07, 6.45) is -0.378. The van der Waals surface area contributed by atoms with E-state index in [0.29, 0.717) is 0 Å². The van der Waals surface area contributed by atoms with Crippen LogP contribution in [0.15, 0.2) is 6.07 Å². The number of fused-ring (bicyclic) bond motifs is 3. The van der Waals surface area contributed by atoms with Crippen LogP contribution in [0.1, 0.15) is 22.3 Å². The number of aliphatic hydroxyl groups is 1. The van der Waals surface area contributed by atoms with Crippen molar-refractivity contribution in [3.63, 3.8) is 0 Å². The number of benzene rings is 1. The summed E-state index contributed by atoms with van der Waals surface area (Å²) < 4.78 is 0. The predicted octanol–water partition coefficient (Wildman–Crippen LogP) is -1.66. The van der Waals surface area contributed by atoms with E-state index in [2.05, 4.69) is 5.32 Å². The van der Waals surface area contributed by atoms with Gasteiger partial charge in [-0.3, -0.25) is 43.8 Å². The van der Waals surface area contributed by atoms with E-state index in [1.807, 2.05) is 0 Å². The molecule has 5 N–H and O–H groups in total. The van der Waals surface area contributed by atoms with Crippen LogP contribution in [-0.2, 0) is 30.4 Å². The zero-order valence-electron chi connectivity index (χ0n) is 19.1. The molecular formula is C22H22N4O10. The lowest BCUT2D eigenvalue weighted by molar-refractivity contribution is -0.385. The quantitative estimate of drug-likeness (QED) is 0.117. The number of anilines is 1. The molecule has 0 saturated heterocycles. The number of nitrogens with one attached hydrogen (secondary N) is 1. The van der Waals surface area contributed by atoms with Gasteiger partial charge in [-0.2, -0.15) is 0 Å². The van der Waals surface area contributed by atoms with Gasteiger partial charge >= 0.3 is 0 Å². The summed E-state index contributed by atoms with van der Waals surface area (Å²) in [5.41, 5.74) is 0.558. The number of ketones is 4. The van der Waals surface area contributed by atoms with Gasteiger partial charge in [-0.05, 0) is 32.9 Å². The smallest absolute Gasteiger partial charge is 0.275 e. The van der Waals surface area contributed by atoms with Crippen LogP contribution < -0.4 is 11.1 Å². The van der Waals surface area contributed by atoms with Crippen LogP contribution in [0.2, 0.25) is 0 Å². The van der Waals surface area contributed by atoms with Gasteiger partial charge in [0.2, 0.25) is 12.3 Å². The molecule has 14 nitrogen and oxygen atoms in total. The van der Waals surface area contributed by atoms with Crippen LogP contribution >= 0.6 is 0 Å². The molecule has 4 rings (SSSR count). The van der Waals surface area contributed by atoms with Gasteiger partial charge in [-0.1, -0.05) is 0 Å². The normalized spacial score (nSPS) is 31.4. The highest BCUT2D eigenvalue weighted by Gasteiger charge is 2.69. The number of likely N-dealkylation sites (N-methyl/N-ethyl adjacent to an activating group) is 1. The van der Waals surface area contributed by atoms with Crippen molar-refractivity contribution in [2.75, 3.05) is 19.4 Å². The van der Waals surface area contributed by atoms with Gasteiger partial charge in [0.25, 0.3) is 5.69 Å². The van der Waals surface area contributed by atoms with E-state index < -0.39 is 92.0 Å². The Bertz CT molecular complexity index is 1270. The number of nitrogens with two attached hydrogens (primary N) is 1. The number of primary amides is 1. The minimum absolute atomic E-state index is 0.128. The number of carbonyl (C=O) groups is 6. The van der Waals surface area contributed by atoms with Gasteiger partial charge in [0, 0.05) is 17.5 Å². The monoisotopic (exact) mass is 502 g/mol. The van der Waals surface area contributed by atoms with Crippen LogP contribution in [0.4, 0.5) is 11.4 Å². The average molecular weight is 502 g/mol. The van der Waals surface area contributed by atoms with Crippen molar-refractivity contribution >= 4 is 46.8 Å². The maximum absolute atomic E-state index is 13.7. The number of Topliss-reactive ketones (excluding diaryl/α,β-unsaturated/α-hetero) is 4. The van der Waals surface area contributed by atoms with Crippen LogP contribution in [0, 0.1) is 33.8 Å². The zero-order valence-corrected chi connectivity index (χ0v) is 19.1. The summed E-state index contributed by atoms with van der Waals surface area (Å²) >= 11 is 0. The average Bonchev–Trinajstić information content (AvgIpc) is 2.77. The molecule has 4 unspecified atom stereocenters. The Morgan fingerprint density at radius 1 is 1.28 bits per heavy atom. The van der Waals surface area contributed by atoms with E-state index in [9.17, 15) is 49.1 Å². The molecule has 1 aromatic carbocycles. The molecule has 14 heteroatoms. The third-order valence-electron chi connectivity index (χ3n) is 7.45. The van der Waals surface area contributed by atoms with Crippen molar-refractivity contribution in [3.8, 4) is 5.75 Å². The van der Waals surface area contributed by atoms with Gasteiger partial charge in [0.15, 0.2) is 40.4 Å². The number of nitrogens with zero attached hydrogens (tertiary/aromatic N) is 2. The van der Waals surface area contributed by atoms with Gasteiger partial charge in [0.1, 0.15) is 0 Å². The molecule has 6 atom stereocenters. The zero-order chi connectivity index (χ0) is 26.9. The molecular weight excluding hydrogens is 480 g/mol. The third kappa shape index (κ3) is 3.18. The number of rotatable bonds is 5. The van der Waals surface area contributed by atoms with E-state index >= 15 is 0 Å². The van der Waals surface area contributed by atoms with Crippen LogP contribution in [0.5, 0.6) is 5.75 Å². The van der Waals surface area contributed by atoms with Gasteiger partial charge in [-0.15, -0.1) is 0 Å². The number of hydrogen-bond acceptors (Lipinski definition) is 11. The molecule has 2 amide bonds. The number of nitro benzene ring substituents is 1. The predicted molar refractivity (Wildman–Crippen MR) is 118 cm³/mol. The fraction of sp³-hybridized carbons (Fsp3) is 0.455. The largest absolute Gasteiger partial charge is 0.505 e. The van der Waals surface area contributed by atoms with E-state index in [1.165, 1.54) is 19.0 Å². The van der Waals surface area contributed by atoms with E-state index in [4.69, 9.17) is 5.73 Å². The summed E-state index contributed by atoms with van der Waals surface area (Å²) in [6, 6.07) is -0.403.